The molecule has 0 radical (unpaired) electrons. The van der Waals surface area contributed by atoms with Gasteiger partial charge in [0, 0.05) is 17.4 Å². The van der Waals surface area contributed by atoms with E-state index in [1.54, 1.807) is 31.2 Å². The summed E-state index contributed by atoms with van der Waals surface area (Å²) in [6.45, 7) is 1.63. The third kappa shape index (κ3) is 6.41. The second kappa shape index (κ2) is 10.5. The molecule has 12 nitrogen and oxygen atoms in total. The number of aliphatic carboxylic acids is 2. The van der Waals surface area contributed by atoms with Crippen LogP contribution in [0.25, 0.3) is 10.9 Å². The highest BCUT2D eigenvalue weighted by Crippen LogP contribution is 2.24. The van der Waals surface area contributed by atoms with Crippen LogP contribution in [-0.2, 0) is 20.8 Å². The van der Waals surface area contributed by atoms with Crippen molar-refractivity contribution >= 4 is 46.5 Å². The van der Waals surface area contributed by atoms with Gasteiger partial charge in [-0.1, -0.05) is 12.1 Å². The Morgan fingerprint density at radius 2 is 1.80 bits per heavy atom. The molecule has 0 saturated carbocycles. The summed E-state index contributed by atoms with van der Waals surface area (Å²) in [6, 6.07) is 7.96. The monoisotopic (exact) mass is 481 g/mol. The molecule has 0 aliphatic carbocycles. The number of fused-ring (bicyclic) bond motifs is 1. The zero-order valence-corrected chi connectivity index (χ0v) is 18.6. The fourth-order valence-electron chi connectivity index (χ4n) is 3.40. The number of nitrogens with one attached hydrogen (secondary N) is 1. The lowest BCUT2D eigenvalue weighted by molar-refractivity contribution is -0.140. The number of hydrogen-bond acceptors (Lipinski definition) is 9. The van der Waals surface area contributed by atoms with Gasteiger partial charge in [-0.05, 0) is 48.7 Å². The van der Waals surface area contributed by atoms with Crippen molar-refractivity contribution < 1.29 is 34.1 Å². The van der Waals surface area contributed by atoms with Crippen LogP contribution < -0.4 is 21.5 Å². The maximum atomic E-state index is 12.5. The average Bonchev–Trinajstić information content (AvgIpc) is 2.76. The fraction of sp³-hybridized carbons (Fsp3) is 0.217. The molecule has 0 spiro atoms. The van der Waals surface area contributed by atoms with Crippen molar-refractivity contribution in [2.45, 2.75) is 32.2 Å². The summed E-state index contributed by atoms with van der Waals surface area (Å²) in [6.07, 6.45) is -0.744. The highest BCUT2D eigenvalue weighted by molar-refractivity contribution is 5.98. The number of benzene rings is 2. The number of esters is 1. The molecule has 1 atom stereocenters. The molecule has 1 unspecified atom stereocenters. The Morgan fingerprint density at radius 1 is 1.06 bits per heavy atom. The van der Waals surface area contributed by atoms with Crippen molar-refractivity contribution in [1.82, 2.24) is 15.3 Å². The summed E-state index contributed by atoms with van der Waals surface area (Å²) in [4.78, 5) is 54.9. The molecule has 0 aliphatic heterocycles. The van der Waals surface area contributed by atoms with Crippen LogP contribution in [0, 0.1) is 6.92 Å². The number of amides is 1. The Hall–Kier alpha value is -4.74. The maximum Gasteiger partial charge on any atom is 0.326 e. The van der Waals surface area contributed by atoms with Crippen molar-refractivity contribution in [3.05, 3.63) is 53.1 Å². The SMILES string of the molecule is Cc1cc(CC(=O)Oc2ccc3nc(N)nc(N)c3c2)ccc1C(=O)NC(CCC(=O)O)C(=O)O. The molecule has 7 N–H and O–H groups in total. The van der Waals surface area contributed by atoms with Gasteiger partial charge in [0.2, 0.25) is 5.95 Å². The Balaban J connectivity index is 1.66. The Kier molecular flexibility index (Phi) is 7.44. The van der Waals surface area contributed by atoms with E-state index < -0.39 is 36.3 Å². The number of carbonyl (C=O) groups excluding carboxylic acids is 2. The summed E-state index contributed by atoms with van der Waals surface area (Å²) in [7, 11) is 0. The smallest absolute Gasteiger partial charge is 0.326 e. The molecular weight excluding hydrogens is 458 g/mol. The molecule has 0 bridgehead atoms. The number of ether oxygens (including phenoxy) is 1. The van der Waals surface area contributed by atoms with Crippen LogP contribution in [0.5, 0.6) is 5.75 Å². The molecule has 182 valence electrons. The number of nitrogen functional groups attached to an aromatic ring is 2. The lowest BCUT2D eigenvalue weighted by Crippen LogP contribution is -2.41. The summed E-state index contributed by atoms with van der Waals surface area (Å²) < 4.78 is 5.38. The molecule has 12 heteroatoms. The summed E-state index contributed by atoms with van der Waals surface area (Å²) in [5.41, 5.74) is 13.2. The first-order chi connectivity index (χ1) is 16.5. The van der Waals surface area contributed by atoms with Gasteiger partial charge in [0.1, 0.15) is 17.6 Å². The standard InChI is InChI=1S/C23H23N5O7/c1-11-8-12(2-4-14(11)21(32)26-17(22(33)34)6-7-18(29)30)9-19(31)35-13-3-5-16-15(10-13)20(24)28-23(25)27-16/h2-5,8,10,17H,6-7,9H2,1H3,(H,26,32)(H,29,30)(H,33,34)(H4,24,25,27,28). The second-order valence-electron chi connectivity index (χ2n) is 7.74. The predicted molar refractivity (Wildman–Crippen MR) is 125 cm³/mol. The molecule has 1 amide bonds. The predicted octanol–water partition coefficient (Wildman–Crippen LogP) is 1.30. The van der Waals surface area contributed by atoms with E-state index >= 15 is 0 Å². The van der Waals surface area contributed by atoms with Crippen LogP contribution in [0.4, 0.5) is 11.8 Å². The lowest BCUT2D eigenvalue weighted by Gasteiger charge is -2.15. The number of nitrogens with two attached hydrogens (primary N) is 2. The molecule has 3 aromatic rings. The van der Waals surface area contributed by atoms with Crippen LogP contribution >= 0.6 is 0 Å². The molecule has 3 rings (SSSR count). The van der Waals surface area contributed by atoms with Gasteiger partial charge in [0.05, 0.1) is 11.9 Å². The van der Waals surface area contributed by atoms with Crippen LogP contribution in [-0.4, -0.2) is 50.0 Å². The third-order valence-electron chi connectivity index (χ3n) is 5.08. The van der Waals surface area contributed by atoms with Crippen molar-refractivity contribution in [2.75, 3.05) is 11.5 Å². The summed E-state index contributed by atoms with van der Waals surface area (Å²) in [5, 5.41) is 20.8. The van der Waals surface area contributed by atoms with E-state index in [0.717, 1.165) is 0 Å². The minimum atomic E-state index is -1.34. The number of rotatable bonds is 9. The van der Waals surface area contributed by atoms with Crippen LogP contribution in [0.1, 0.15) is 34.3 Å². The first-order valence-electron chi connectivity index (χ1n) is 10.4. The third-order valence-corrected chi connectivity index (χ3v) is 5.08. The molecule has 0 fully saturated rings. The van der Waals surface area contributed by atoms with Crippen LogP contribution in [0.15, 0.2) is 36.4 Å². The highest BCUT2D eigenvalue weighted by atomic mass is 16.5. The zero-order chi connectivity index (χ0) is 25.7. The quantitative estimate of drug-likeness (QED) is 0.217. The summed E-state index contributed by atoms with van der Waals surface area (Å²) in [5.74, 6) is -3.28. The van der Waals surface area contributed by atoms with Gasteiger partial charge >= 0.3 is 17.9 Å². The number of hydrogen-bond donors (Lipinski definition) is 5. The number of carboxylic acids is 2. The van der Waals surface area contributed by atoms with E-state index in [1.807, 2.05) is 0 Å². The van der Waals surface area contributed by atoms with Gasteiger partial charge in [-0.15, -0.1) is 0 Å². The Labute approximate surface area is 198 Å². The minimum Gasteiger partial charge on any atom is -0.481 e. The number of carbonyl (C=O) groups is 4. The number of nitrogens with zero attached hydrogens (tertiary/aromatic N) is 2. The molecular formula is C23H23N5O7. The number of anilines is 2. The Morgan fingerprint density at radius 3 is 2.46 bits per heavy atom. The average molecular weight is 481 g/mol. The highest BCUT2D eigenvalue weighted by Gasteiger charge is 2.22. The van der Waals surface area contributed by atoms with Gasteiger partial charge in [0.15, 0.2) is 0 Å². The Bertz CT molecular complexity index is 1330. The molecule has 1 heterocycles. The molecule has 0 saturated heterocycles. The molecule has 0 aliphatic rings. The molecule has 2 aromatic carbocycles. The van der Waals surface area contributed by atoms with E-state index in [0.29, 0.717) is 22.0 Å². The first kappa shape index (κ1) is 24.9. The van der Waals surface area contributed by atoms with E-state index in [-0.39, 0.29) is 35.9 Å². The van der Waals surface area contributed by atoms with Gasteiger partial charge in [-0.3, -0.25) is 14.4 Å². The van der Waals surface area contributed by atoms with Crippen LogP contribution in [0.2, 0.25) is 0 Å². The normalized spacial score (nSPS) is 11.6. The van der Waals surface area contributed by atoms with Gasteiger partial charge in [-0.25, -0.2) is 9.78 Å². The number of aryl methyl sites for hydroxylation is 1. The van der Waals surface area contributed by atoms with E-state index in [2.05, 4.69) is 15.3 Å². The largest absolute Gasteiger partial charge is 0.481 e. The number of carboxylic acid groups (broad SMARTS) is 2. The van der Waals surface area contributed by atoms with Gasteiger partial charge < -0.3 is 31.7 Å². The van der Waals surface area contributed by atoms with Crippen molar-refractivity contribution in [3.8, 4) is 5.75 Å². The van der Waals surface area contributed by atoms with Gasteiger partial charge in [0.25, 0.3) is 5.91 Å². The van der Waals surface area contributed by atoms with E-state index in [9.17, 15) is 24.3 Å². The molecule has 1 aromatic heterocycles. The minimum absolute atomic E-state index is 0.0333. The van der Waals surface area contributed by atoms with Crippen LogP contribution in [0.3, 0.4) is 0 Å². The van der Waals surface area contributed by atoms with Crippen molar-refractivity contribution in [3.63, 3.8) is 0 Å². The number of aromatic nitrogens is 2. The first-order valence-corrected chi connectivity index (χ1v) is 10.4. The summed E-state index contributed by atoms with van der Waals surface area (Å²) >= 11 is 0. The van der Waals surface area contributed by atoms with Gasteiger partial charge in [-0.2, -0.15) is 4.98 Å². The topological polar surface area (TPSA) is 208 Å². The molecule has 35 heavy (non-hydrogen) atoms. The van der Waals surface area contributed by atoms with Crippen molar-refractivity contribution in [2.24, 2.45) is 0 Å². The second-order valence-corrected chi connectivity index (χ2v) is 7.74. The fourth-order valence-corrected chi connectivity index (χ4v) is 3.40. The van der Waals surface area contributed by atoms with E-state index in [4.69, 9.17) is 21.3 Å². The van der Waals surface area contributed by atoms with E-state index in [1.165, 1.54) is 12.1 Å². The zero-order valence-electron chi connectivity index (χ0n) is 18.6. The lowest BCUT2D eigenvalue weighted by atomic mass is 10.0. The van der Waals surface area contributed by atoms with Crippen molar-refractivity contribution in [1.29, 1.82) is 0 Å². The maximum absolute atomic E-state index is 12.5.